The van der Waals surface area contributed by atoms with Crippen LogP contribution >= 0.6 is 22.9 Å². The molecule has 0 saturated heterocycles. The van der Waals surface area contributed by atoms with E-state index in [9.17, 15) is 5.11 Å². The monoisotopic (exact) mass is 327 g/mol. The third kappa shape index (κ3) is 3.47. The Kier molecular flexibility index (Phi) is 5.79. The van der Waals surface area contributed by atoms with Crippen molar-refractivity contribution >= 4 is 39.0 Å². The number of aromatic nitrogens is 2. The average molecular weight is 328 g/mol. The molecule has 0 aromatic carbocycles. The number of anilines is 1. The molecule has 0 unspecified atom stereocenters. The van der Waals surface area contributed by atoms with E-state index < -0.39 is 0 Å². The molecule has 4 nitrogen and oxygen atoms in total. The SMILES string of the molecule is CCc1cc2c(N(CCO)C(CC)CC)nc(Cl)nc2s1. The number of fused-ring (bicyclic) bond motifs is 1. The minimum Gasteiger partial charge on any atom is -0.395 e. The van der Waals surface area contributed by atoms with Crippen LogP contribution in [-0.4, -0.2) is 34.3 Å². The summed E-state index contributed by atoms with van der Waals surface area (Å²) in [6.07, 6.45) is 2.98. The Bertz CT molecular complexity index is 598. The van der Waals surface area contributed by atoms with Crippen molar-refractivity contribution in [3.05, 3.63) is 16.2 Å². The Hall–Kier alpha value is -0.910. The summed E-state index contributed by atoms with van der Waals surface area (Å²) in [5.74, 6) is 0.851. The van der Waals surface area contributed by atoms with Gasteiger partial charge in [0, 0.05) is 17.5 Å². The summed E-state index contributed by atoms with van der Waals surface area (Å²) in [5.41, 5.74) is 0. The number of rotatable bonds is 7. The van der Waals surface area contributed by atoms with Gasteiger partial charge < -0.3 is 10.0 Å². The van der Waals surface area contributed by atoms with E-state index in [4.69, 9.17) is 11.6 Å². The van der Waals surface area contributed by atoms with Crippen molar-refractivity contribution in [3.63, 3.8) is 0 Å². The van der Waals surface area contributed by atoms with Crippen LogP contribution in [0.4, 0.5) is 5.82 Å². The van der Waals surface area contributed by atoms with Gasteiger partial charge in [-0.3, -0.25) is 0 Å². The van der Waals surface area contributed by atoms with Crippen molar-refractivity contribution < 1.29 is 5.11 Å². The first kappa shape index (κ1) is 16.5. The van der Waals surface area contributed by atoms with Gasteiger partial charge in [-0.2, -0.15) is 4.98 Å². The smallest absolute Gasteiger partial charge is 0.225 e. The molecular weight excluding hydrogens is 306 g/mol. The second-order valence-electron chi connectivity index (χ2n) is 4.99. The number of aliphatic hydroxyl groups excluding tert-OH is 1. The van der Waals surface area contributed by atoms with Gasteiger partial charge in [-0.05, 0) is 36.9 Å². The molecule has 116 valence electrons. The highest BCUT2D eigenvalue weighted by Gasteiger charge is 2.21. The Morgan fingerprint density at radius 3 is 2.57 bits per heavy atom. The van der Waals surface area contributed by atoms with Crippen molar-refractivity contribution in [2.45, 2.75) is 46.1 Å². The molecule has 0 bridgehead atoms. The van der Waals surface area contributed by atoms with Crippen LogP contribution in [0.2, 0.25) is 5.28 Å². The van der Waals surface area contributed by atoms with Crippen LogP contribution in [0.25, 0.3) is 10.2 Å². The third-order valence-corrected chi connectivity index (χ3v) is 5.08. The molecule has 0 radical (unpaired) electrons. The second kappa shape index (κ2) is 7.38. The highest BCUT2D eigenvalue weighted by molar-refractivity contribution is 7.18. The maximum absolute atomic E-state index is 9.42. The minimum atomic E-state index is 0.102. The van der Waals surface area contributed by atoms with Gasteiger partial charge >= 0.3 is 0 Å². The van der Waals surface area contributed by atoms with Gasteiger partial charge in [-0.1, -0.05) is 20.8 Å². The number of hydrogen-bond donors (Lipinski definition) is 1. The second-order valence-corrected chi connectivity index (χ2v) is 6.44. The standard InChI is InChI=1S/C15H22ClN3OS/c1-4-10(5-2)19(7-8-20)13-12-9-11(6-3)21-14(12)18-15(16)17-13/h9-10,20H,4-8H2,1-3H3. The lowest BCUT2D eigenvalue weighted by atomic mass is 10.1. The fraction of sp³-hybridized carbons (Fsp3) is 0.600. The lowest BCUT2D eigenvalue weighted by Gasteiger charge is -2.31. The lowest BCUT2D eigenvalue weighted by molar-refractivity contribution is 0.295. The van der Waals surface area contributed by atoms with E-state index >= 15 is 0 Å². The summed E-state index contributed by atoms with van der Waals surface area (Å²) in [6.45, 7) is 7.11. The van der Waals surface area contributed by atoms with Gasteiger partial charge in [-0.25, -0.2) is 4.98 Å². The molecule has 6 heteroatoms. The zero-order chi connectivity index (χ0) is 15.4. The predicted octanol–water partition coefficient (Wildman–Crippen LogP) is 3.89. The zero-order valence-electron chi connectivity index (χ0n) is 12.8. The average Bonchev–Trinajstić information content (AvgIpc) is 2.89. The first-order chi connectivity index (χ1) is 10.1. The molecule has 2 aromatic rings. The number of halogens is 1. The highest BCUT2D eigenvalue weighted by Crippen LogP contribution is 2.33. The maximum Gasteiger partial charge on any atom is 0.225 e. The van der Waals surface area contributed by atoms with Gasteiger partial charge in [0.25, 0.3) is 0 Å². The van der Waals surface area contributed by atoms with Crippen LogP contribution in [0.15, 0.2) is 6.07 Å². The van der Waals surface area contributed by atoms with E-state index in [2.05, 4.69) is 41.7 Å². The van der Waals surface area contributed by atoms with Gasteiger partial charge in [0.1, 0.15) is 10.6 Å². The number of aliphatic hydroxyl groups is 1. The van der Waals surface area contributed by atoms with Crippen LogP contribution in [0.1, 0.15) is 38.5 Å². The fourth-order valence-electron chi connectivity index (χ4n) is 2.62. The number of nitrogens with zero attached hydrogens (tertiary/aromatic N) is 3. The van der Waals surface area contributed by atoms with Crippen LogP contribution in [0, 0.1) is 0 Å². The first-order valence-electron chi connectivity index (χ1n) is 7.47. The summed E-state index contributed by atoms with van der Waals surface area (Å²) < 4.78 is 0. The van der Waals surface area contributed by atoms with Gasteiger partial charge in [0.2, 0.25) is 5.28 Å². The van der Waals surface area contributed by atoms with E-state index in [0.29, 0.717) is 12.6 Å². The number of aryl methyl sites for hydroxylation is 1. The van der Waals surface area contributed by atoms with Crippen LogP contribution in [-0.2, 0) is 6.42 Å². The molecule has 0 aliphatic heterocycles. The van der Waals surface area contributed by atoms with E-state index in [1.807, 2.05) is 0 Å². The third-order valence-electron chi connectivity index (χ3n) is 3.74. The van der Waals surface area contributed by atoms with Crippen LogP contribution < -0.4 is 4.90 Å². The van der Waals surface area contributed by atoms with Gasteiger partial charge in [0.15, 0.2) is 0 Å². The molecule has 0 atom stereocenters. The first-order valence-corrected chi connectivity index (χ1v) is 8.67. The summed E-state index contributed by atoms with van der Waals surface area (Å²) in [4.78, 5) is 13.2. The summed E-state index contributed by atoms with van der Waals surface area (Å²) in [5, 5.41) is 10.7. The van der Waals surface area contributed by atoms with Crippen LogP contribution in [0.5, 0.6) is 0 Å². The molecular formula is C15H22ClN3OS. The quantitative estimate of drug-likeness (QED) is 0.784. The normalized spacial score (nSPS) is 11.5. The minimum absolute atomic E-state index is 0.102. The molecule has 0 aliphatic carbocycles. The number of hydrogen-bond acceptors (Lipinski definition) is 5. The maximum atomic E-state index is 9.42. The van der Waals surface area contributed by atoms with Crippen molar-refractivity contribution in [1.82, 2.24) is 9.97 Å². The highest BCUT2D eigenvalue weighted by atomic mass is 35.5. The fourth-order valence-corrected chi connectivity index (χ4v) is 3.80. The van der Waals surface area contributed by atoms with Crippen molar-refractivity contribution in [2.24, 2.45) is 0 Å². The molecule has 0 amide bonds. The van der Waals surface area contributed by atoms with E-state index in [0.717, 1.165) is 35.3 Å². The molecule has 0 fully saturated rings. The Labute approximate surface area is 134 Å². The predicted molar refractivity (Wildman–Crippen MR) is 90.6 cm³/mol. The largest absolute Gasteiger partial charge is 0.395 e. The molecule has 1 N–H and O–H groups in total. The molecule has 2 heterocycles. The van der Waals surface area contributed by atoms with Gasteiger partial charge in [-0.15, -0.1) is 11.3 Å². The van der Waals surface area contributed by atoms with Gasteiger partial charge in [0.05, 0.1) is 12.0 Å². The zero-order valence-corrected chi connectivity index (χ0v) is 14.3. The molecule has 21 heavy (non-hydrogen) atoms. The molecule has 2 aromatic heterocycles. The Morgan fingerprint density at radius 2 is 2.00 bits per heavy atom. The number of thiophene rings is 1. The van der Waals surface area contributed by atoms with Crippen molar-refractivity contribution in [3.8, 4) is 0 Å². The lowest BCUT2D eigenvalue weighted by Crippen LogP contribution is -2.37. The van der Waals surface area contributed by atoms with Crippen molar-refractivity contribution in [1.29, 1.82) is 0 Å². The summed E-state index contributed by atoms with van der Waals surface area (Å²) in [7, 11) is 0. The molecule has 0 saturated carbocycles. The van der Waals surface area contributed by atoms with E-state index in [-0.39, 0.29) is 11.9 Å². The Balaban J connectivity index is 2.57. The van der Waals surface area contributed by atoms with E-state index in [1.165, 1.54) is 4.88 Å². The van der Waals surface area contributed by atoms with Crippen molar-refractivity contribution in [2.75, 3.05) is 18.1 Å². The van der Waals surface area contributed by atoms with Crippen LogP contribution in [0.3, 0.4) is 0 Å². The summed E-state index contributed by atoms with van der Waals surface area (Å²) >= 11 is 7.77. The van der Waals surface area contributed by atoms with E-state index in [1.54, 1.807) is 11.3 Å². The summed E-state index contributed by atoms with van der Waals surface area (Å²) in [6, 6.07) is 2.49. The Morgan fingerprint density at radius 1 is 1.29 bits per heavy atom. The molecule has 0 aliphatic rings. The molecule has 2 rings (SSSR count). The topological polar surface area (TPSA) is 49.2 Å². The molecule has 0 spiro atoms.